The van der Waals surface area contributed by atoms with Gasteiger partial charge in [-0.05, 0) is 26.0 Å². The summed E-state index contributed by atoms with van der Waals surface area (Å²) in [5.74, 6) is 0.582. The van der Waals surface area contributed by atoms with E-state index in [0.29, 0.717) is 32.5 Å². The lowest BCUT2D eigenvalue weighted by molar-refractivity contribution is -0.145. The van der Waals surface area contributed by atoms with Crippen LogP contribution in [0, 0.1) is 5.41 Å². The Hall–Kier alpha value is -2.08. The van der Waals surface area contributed by atoms with Crippen LogP contribution in [-0.4, -0.2) is 62.0 Å². The molecule has 1 heterocycles. The second-order valence-electron chi connectivity index (χ2n) is 6.67. The quantitative estimate of drug-likeness (QED) is 0.813. The first-order valence-corrected chi connectivity index (χ1v) is 8.45. The Morgan fingerprint density at radius 2 is 1.83 bits per heavy atom. The summed E-state index contributed by atoms with van der Waals surface area (Å²) in [6.45, 7) is 3.52. The number of para-hydroxylation sites is 1. The zero-order chi connectivity index (χ0) is 17.2. The molecule has 0 unspecified atom stereocenters. The summed E-state index contributed by atoms with van der Waals surface area (Å²) in [6, 6.07) is 7.58. The zero-order valence-electron chi connectivity index (χ0n) is 14.4. The molecule has 0 radical (unpaired) electrons. The molecule has 2 amide bonds. The van der Waals surface area contributed by atoms with Gasteiger partial charge in [-0.2, -0.15) is 0 Å². The number of ether oxygens (including phenoxy) is 1. The van der Waals surface area contributed by atoms with Gasteiger partial charge in [0.25, 0.3) is 0 Å². The second kappa shape index (κ2) is 6.81. The molecule has 1 saturated heterocycles. The molecule has 130 valence electrons. The van der Waals surface area contributed by atoms with E-state index in [0.717, 1.165) is 24.4 Å². The lowest BCUT2D eigenvalue weighted by Crippen LogP contribution is -2.52. The minimum absolute atomic E-state index is 0.00636. The van der Waals surface area contributed by atoms with Gasteiger partial charge in [0.1, 0.15) is 11.2 Å². The molecular formula is C18H25N3O3. The fourth-order valence-corrected chi connectivity index (χ4v) is 3.17. The molecule has 6 nitrogen and oxygen atoms in total. The summed E-state index contributed by atoms with van der Waals surface area (Å²) >= 11 is 0. The highest BCUT2D eigenvalue weighted by molar-refractivity contribution is 6.07. The number of carbonyl (C=O) groups is 2. The summed E-state index contributed by atoms with van der Waals surface area (Å²) in [7, 11) is 3.66. The second-order valence-corrected chi connectivity index (χ2v) is 6.67. The van der Waals surface area contributed by atoms with Crippen molar-refractivity contribution in [2.45, 2.75) is 19.4 Å². The van der Waals surface area contributed by atoms with Gasteiger partial charge in [-0.1, -0.05) is 18.2 Å². The van der Waals surface area contributed by atoms with Crippen LogP contribution in [0.15, 0.2) is 24.3 Å². The average molecular weight is 331 g/mol. The molecule has 2 aliphatic rings. The number of piperazine rings is 1. The fraction of sp³-hybridized carbons (Fsp3) is 0.556. The first-order chi connectivity index (χ1) is 11.6. The van der Waals surface area contributed by atoms with Crippen LogP contribution >= 0.6 is 0 Å². The van der Waals surface area contributed by atoms with Crippen LogP contribution in [0.1, 0.15) is 18.4 Å². The summed E-state index contributed by atoms with van der Waals surface area (Å²) < 4.78 is 5.30. The number of nitrogens with zero attached hydrogens (tertiary/aromatic N) is 2. The maximum Gasteiger partial charge on any atom is 0.238 e. The van der Waals surface area contributed by atoms with Crippen LogP contribution in [0.25, 0.3) is 0 Å². The summed E-state index contributed by atoms with van der Waals surface area (Å²) in [5, 5.41) is 2.93. The summed E-state index contributed by atoms with van der Waals surface area (Å²) in [4.78, 5) is 29.5. The minimum Gasteiger partial charge on any atom is -0.496 e. The smallest absolute Gasteiger partial charge is 0.238 e. The zero-order valence-corrected chi connectivity index (χ0v) is 14.4. The lowest BCUT2D eigenvalue weighted by Gasteiger charge is -2.34. The number of hydrogen-bond donors (Lipinski definition) is 1. The molecule has 1 aliphatic carbocycles. The molecule has 1 N–H and O–H groups in total. The summed E-state index contributed by atoms with van der Waals surface area (Å²) in [5.41, 5.74) is 0.0778. The van der Waals surface area contributed by atoms with Crippen molar-refractivity contribution in [3.05, 3.63) is 29.8 Å². The van der Waals surface area contributed by atoms with Crippen molar-refractivity contribution < 1.29 is 14.3 Å². The van der Waals surface area contributed by atoms with Gasteiger partial charge in [0.2, 0.25) is 11.8 Å². The number of benzene rings is 1. The third-order valence-electron chi connectivity index (χ3n) is 5.02. The van der Waals surface area contributed by atoms with Crippen molar-refractivity contribution >= 4 is 11.8 Å². The van der Waals surface area contributed by atoms with E-state index < -0.39 is 5.41 Å². The number of rotatable bonds is 5. The topological polar surface area (TPSA) is 61.9 Å². The highest BCUT2D eigenvalue weighted by atomic mass is 16.5. The maximum absolute atomic E-state index is 12.8. The largest absolute Gasteiger partial charge is 0.496 e. The van der Waals surface area contributed by atoms with Gasteiger partial charge < -0.3 is 19.9 Å². The third-order valence-corrected chi connectivity index (χ3v) is 5.02. The molecule has 0 aromatic heterocycles. The Morgan fingerprint density at radius 3 is 2.46 bits per heavy atom. The molecule has 0 atom stereocenters. The normalized spacial score (nSPS) is 19.7. The van der Waals surface area contributed by atoms with Crippen molar-refractivity contribution in [2.75, 3.05) is 40.3 Å². The number of amides is 2. The molecule has 1 saturated carbocycles. The first kappa shape index (κ1) is 16.8. The average Bonchev–Trinajstić information content (AvgIpc) is 3.42. The van der Waals surface area contributed by atoms with Crippen LogP contribution in [-0.2, 0) is 16.1 Å². The molecule has 6 heteroatoms. The molecule has 1 aliphatic heterocycles. The molecule has 3 rings (SSSR count). The number of carbonyl (C=O) groups excluding carboxylic acids is 2. The highest BCUT2D eigenvalue weighted by Crippen LogP contribution is 2.47. The van der Waals surface area contributed by atoms with E-state index in [2.05, 4.69) is 17.3 Å². The van der Waals surface area contributed by atoms with Gasteiger partial charge in [0, 0.05) is 38.3 Å². The van der Waals surface area contributed by atoms with E-state index in [1.54, 1.807) is 7.11 Å². The van der Waals surface area contributed by atoms with Crippen molar-refractivity contribution in [3.8, 4) is 5.75 Å². The SMILES string of the molecule is COc1ccccc1CNC(=O)C1(C(=O)N2CCN(C)CC2)CC1. The van der Waals surface area contributed by atoms with E-state index in [1.165, 1.54) is 0 Å². The van der Waals surface area contributed by atoms with E-state index in [-0.39, 0.29) is 11.8 Å². The predicted molar refractivity (Wildman–Crippen MR) is 90.6 cm³/mol. The number of nitrogens with one attached hydrogen (secondary N) is 1. The molecule has 0 bridgehead atoms. The molecule has 0 spiro atoms. The van der Waals surface area contributed by atoms with Crippen molar-refractivity contribution in [1.29, 1.82) is 0 Å². The van der Waals surface area contributed by atoms with E-state index >= 15 is 0 Å². The first-order valence-electron chi connectivity index (χ1n) is 8.45. The molecule has 2 fully saturated rings. The van der Waals surface area contributed by atoms with Gasteiger partial charge >= 0.3 is 0 Å². The van der Waals surface area contributed by atoms with E-state index in [4.69, 9.17) is 4.74 Å². The minimum atomic E-state index is -0.835. The molecule has 1 aromatic rings. The van der Waals surface area contributed by atoms with Gasteiger partial charge in [0.05, 0.1) is 7.11 Å². The standard InChI is InChI=1S/C18H25N3O3/c1-20-9-11-21(12-10-20)17(23)18(7-8-18)16(22)19-13-14-5-3-4-6-15(14)24-2/h3-6H,7-13H2,1-2H3,(H,19,22). The molecular weight excluding hydrogens is 306 g/mol. The Morgan fingerprint density at radius 1 is 1.17 bits per heavy atom. The van der Waals surface area contributed by atoms with Crippen molar-refractivity contribution in [1.82, 2.24) is 15.1 Å². The molecule has 24 heavy (non-hydrogen) atoms. The highest BCUT2D eigenvalue weighted by Gasteiger charge is 2.58. The lowest BCUT2D eigenvalue weighted by atomic mass is 10.0. The summed E-state index contributed by atoms with van der Waals surface area (Å²) in [6.07, 6.45) is 1.30. The van der Waals surface area contributed by atoms with Crippen LogP contribution in [0.2, 0.25) is 0 Å². The van der Waals surface area contributed by atoms with Crippen LogP contribution < -0.4 is 10.1 Å². The fourth-order valence-electron chi connectivity index (χ4n) is 3.17. The van der Waals surface area contributed by atoms with Gasteiger partial charge in [-0.3, -0.25) is 9.59 Å². The third kappa shape index (κ3) is 3.24. The number of methoxy groups -OCH3 is 1. The van der Waals surface area contributed by atoms with Gasteiger partial charge in [0.15, 0.2) is 0 Å². The van der Waals surface area contributed by atoms with Gasteiger partial charge in [-0.15, -0.1) is 0 Å². The van der Waals surface area contributed by atoms with Crippen LogP contribution in [0.3, 0.4) is 0 Å². The van der Waals surface area contributed by atoms with Crippen molar-refractivity contribution in [2.24, 2.45) is 5.41 Å². The Kier molecular flexibility index (Phi) is 4.76. The van der Waals surface area contributed by atoms with Crippen LogP contribution in [0.5, 0.6) is 5.75 Å². The Bertz CT molecular complexity index is 620. The monoisotopic (exact) mass is 331 g/mol. The Balaban J connectivity index is 1.61. The molecule has 1 aromatic carbocycles. The number of likely N-dealkylation sites (N-methyl/N-ethyl adjacent to an activating group) is 1. The van der Waals surface area contributed by atoms with Gasteiger partial charge in [-0.25, -0.2) is 0 Å². The van der Waals surface area contributed by atoms with E-state index in [9.17, 15) is 9.59 Å². The predicted octanol–water partition coefficient (Wildman–Crippen LogP) is 0.866. The van der Waals surface area contributed by atoms with Crippen molar-refractivity contribution in [3.63, 3.8) is 0 Å². The maximum atomic E-state index is 12.8. The Labute approximate surface area is 142 Å². The number of hydrogen-bond acceptors (Lipinski definition) is 4. The van der Waals surface area contributed by atoms with E-state index in [1.807, 2.05) is 29.2 Å². The van der Waals surface area contributed by atoms with Crippen LogP contribution in [0.4, 0.5) is 0 Å².